The summed E-state index contributed by atoms with van der Waals surface area (Å²) in [4.78, 5) is 10.8. The smallest absolute Gasteiger partial charge is 0.406 e. The number of benzene rings is 1. The van der Waals surface area contributed by atoms with E-state index < -0.39 is 6.36 Å². The van der Waals surface area contributed by atoms with E-state index in [-0.39, 0.29) is 11.7 Å². The molecule has 0 unspecified atom stereocenters. The van der Waals surface area contributed by atoms with Gasteiger partial charge < -0.3 is 4.74 Å². The zero-order chi connectivity index (χ0) is 19.7. The number of carbonyl (C=O) groups excluding carboxylic acids is 1. The molecular weight excluding hydrogens is 365 g/mol. The van der Waals surface area contributed by atoms with Gasteiger partial charge in [0.15, 0.2) is 0 Å². The van der Waals surface area contributed by atoms with Crippen molar-refractivity contribution in [1.82, 2.24) is 20.5 Å². The molecule has 0 radical (unpaired) electrons. The second-order valence-corrected chi connectivity index (χ2v) is 6.00. The molecule has 0 aliphatic heterocycles. The third-order valence-corrected chi connectivity index (χ3v) is 3.84. The molecule has 0 bridgehead atoms. The number of hydrogen-bond donors (Lipinski definition) is 2. The molecule has 7 nitrogen and oxygen atoms in total. The number of nitrogens with one attached hydrogen (secondary N) is 1. The predicted octanol–water partition coefficient (Wildman–Crippen LogP) is 3.55. The van der Waals surface area contributed by atoms with E-state index in [0.29, 0.717) is 12.1 Å². The standard InChI is InChI=1S/C17H21F3N4O3/c18-17(19,20)27-15-10-8-14(9-11-15)24-12-13(21-23-24)6-4-2-1-3-5-7-16(25)22-26/h8-12,26H,1-7H2,(H,22,25). The number of aryl methyl sites for hydroxylation is 1. The van der Waals surface area contributed by atoms with Crippen LogP contribution < -0.4 is 10.2 Å². The van der Waals surface area contributed by atoms with E-state index in [9.17, 15) is 18.0 Å². The normalized spacial score (nSPS) is 11.4. The van der Waals surface area contributed by atoms with Crippen LogP contribution in [0, 0.1) is 0 Å². The summed E-state index contributed by atoms with van der Waals surface area (Å²) < 4.78 is 41.8. The van der Waals surface area contributed by atoms with Gasteiger partial charge in [-0.05, 0) is 43.5 Å². The van der Waals surface area contributed by atoms with Crippen molar-refractivity contribution in [3.8, 4) is 11.4 Å². The molecule has 10 heteroatoms. The van der Waals surface area contributed by atoms with Crippen molar-refractivity contribution in [2.24, 2.45) is 0 Å². The van der Waals surface area contributed by atoms with Crippen molar-refractivity contribution in [3.63, 3.8) is 0 Å². The van der Waals surface area contributed by atoms with Gasteiger partial charge in [0.05, 0.1) is 17.6 Å². The van der Waals surface area contributed by atoms with Crippen molar-refractivity contribution in [2.75, 3.05) is 0 Å². The van der Waals surface area contributed by atoms with Gasteiger partial charge in [-0.1, -0.05) is 24.5 Å². The summed E-state index contributed by atoms with van der Waals surface area (Å²) in [6.45, 7) is 0. The first-order chi connectivity index (χ1) is 12.9. The Bertz CT molecular complexity index is 717. The fraction of sp³-hybridized carbons (Fsp3) is 0.471. The van der Waals surface area contributed by atoms with E-state index in [0.717, 1.165) is 44.2 Å². The molecule has 0 spiro atoms. The number of halogens is 3. The van der Waals surface area contributed by atoms with Crippen molar-refractivity contribution < 1.29 is 27.9 Å². The predicted molar refractivity (Wildman–Crippen MR) is 89.4 cm³/mol. The number of carbonyl (C=O) groups is 1. The van der Waals surface area contributed by atoms with Crippen molar-refractivity contribution in [3.05, 3.63) is 36.2 Å². The Morgan fingerprint density at radius 1 is 1.11 bits per heavy atom. The molecule has 0 saturated heterocycles. The van der Waals surface area contributed by atoms with E-state index in [4.69, 9.17) is 5.21 Å². The summed E-state index contributed by atoms with van der Waals surface area (Å²) in [6, 6.07) is 5.40. The molecule has 148 valence electrons. The Labute approximate surface area is 154 Å². The van der Waals surface area contributed by atoms with E-state index in [1.54, 1.807) is 11.7 Å². The van der Waals surface area contributed by atoms with Gasteiger partial charge in [-0.25, -0.2) is 10.2 Å². The number of ether oxygens (including phenoxy) is 1. The minimum absolute atomic E-state index is 0.289. The summed E-state index contributed by atoms with van der Waals surface area (Å²) >= 11 is 0. The van der Waals surface area contributed by atoms with Crippen LogP contribution in [-0.2, 0) is 11.2 Å². The molecule has 27 heavy (non-hydrogen) atoms. The average Bonchev–Trinajstić information content (AvgIpc) is 3.09. The largest absolute Gasteiger partial charge is 0.573 e. The highest BCUT2D eigenvalue weighted by atomic mass is 19.4. The third-order valence-electron chi connectivity index (χ3n) is 3.84. The molecule has 0 atom stereocenters. The van der Waals surface area contributed by atoms with Crippen LogP contribution in [0.15, 0.2) is 30.5 Å². The Hall–Kier alpha value is -2.62. The molecule has 1 heterocycles. The zero-order valence-electron chi connectivity index (χ0n) is 14.6. The molecule has 0 fully saturated rings. The molecular formula is C17H21F3N4O3. The lowest BCUT2D eigenvalue weighted by Crippen LogP contribution is -2.17. The molecule has 1 amide bonds. The van der Waals surface area contributed by atoms with Gasteiger partial charge in [0.25, 0.3) is 0 Å². The molecule has 2 aromatic rings. The first-order valence-corrected chi connectivity index (χ1v) is 8.58. The number of unbranched alkanes of at least 4 members (excludes halogenated alkanes) is 4. The van der Waals surface area contributed by atoms with E-state index in [1.807, 2.05) is 0 Å². The number of aromatic nitrogens is 3. The Balaban J connectivity index is 1.72. The zero-order valence-corrected chi connectivity index (χ0v) is 14.6. The van der Waals surface area contributed by atoms with Crippen LogP contribution in [0.3, 0.4) is 0 Å². The van der Waals surface area contributed by atoms with Crippen molar-refractivity contribution >= 4 is 5.91 Å². The maximum absolute atomic E-state index is 12.2. The summed E-state index contributed by atoms with van der Waals surface area (Å²) in [5, 5.41) is 16.4. The summed E-state index contributed by atoms with van der Waals surface area (Å²) in [7, 11) is 0. The fourth-order valence-electron chi connectivity index (χ4n) is 2.52. The van der Waals surface area contributed by atoms with Gasteiger partial charge in [0.2, 0.25) is 5.91 Å². The van der Waals surface area contributed by atoms with Gasteiger partial charge in [0, 0.05) is 6.42 Å². The topological polar surface area (TPSA) is 89.3 Å². The quantitative estimate of drug-likeness (QED) is 0.370. The minimum atomic E-state index is -4.72. The maximum atomic E-state index is 12.2. The highest BCUT2D eigenvalue weighted by molar-refractivity contribution is 5.74. The SMILES string of the molecule is O=C(CCCCCCCc1cn(-c2ccc(OC(F)(F)F)cc2)nn1)NO. The van der Waals surface area contributed by atoms with E-state index in [1.165, 1.54) is 28.9 Å². The van der Waals surface area contributed by atoms with Gasteiger partial charge in [-0.3, -0.25) is 10.0 Å². The van der Waals surface area contributed by atoms with Crippen LogP contribution in [0.2, 0.25) is 0 Å². The lowest BCUT2D eigenvalue weighted by atomic mass is 10.1. The summed E-state index contributed by atoms with van der Waals surface area (Å²) in [5.41, 5.74) is 2.99. The molecule has 0 aliphatic rings. The highest BCUT2D eigenvalue weighted by Gasteiger charge is 2.30. The van der Waals surface area contributed by atoms with Crippen molar-refractivity contribution in [1.29, 1.82) is 0 Å². The highest BCUT2D eigenvalue weighted by Crippen LogP contribution is 2.23. The molecule has 0 saturated carbocycles. The summed E-state index contributed by atoms with van der Waals surface area (Å²) in [5.74, 6) is -0.660. The number of alkyl halides is 3. The van der Waals surface area contributed by atoms with E-state index in [2.05, 4.69) is 15.0 Å². The number of hydrogen-bond acceptors (Lipinski definition) is 5. The molecule has 2 rings (SSSR count). The van der Waals surface area contributed by atoms with Crippen molar-refractivity contribution in [2.45, 2.75) is 51.3 Å². The van der Waals surface area contributed by atoms with Crippen LogP contribution in [-0.4, -0.2) is 32.5 Å². The maximum Gasteiger partial charge on any atom is 0.573 e. The van der Waals surface area contributed by atoms with Gasteiger partial charge in [-0.2, -0.15) is 0 Å². The third kappa shape index (κ3) is 7.65. The van der Waals surface area contributed by atoms with E-state index >= 15 is 0 Å². The van der Waals surface area contributed by atoms with Gasteiger partial charge in [-0.15, -0.1) is 18.3 Å². The van der Waals surface area contributed by atoms with Crippen LogP contribution >= 0.6 is 0 Å². The molecule has 1 aromatic heterocycles. The number of nitrogens with zero attached hydrogens (tertiary/aromatic N) is 3. The van der Waals surface area contributed by atoms with Crippen LogP contribution in [0.1, 0.15) is 44.2 Å². The summed E-state index contributed by atoms with van der Waals surface area (Å²) in [6.07, 6.45) is 2.61. The first-order valence-electron chi connectivity index (χ1n) is 8.58. The average molecular weight is 386 g/mol. The molecule has 1 aromatic carbocycles. The van der Waals surface area contributed by atoms with Gasteiger partial charge >= 0.3 is 6.36 Å². The Morgan fingerprint density at radius 2 is 1.78 bits per heavy atom. The first kappa shape index (κ1) is 20.7. The Kier molecular flexibility index (Phi) is 7.59. The van der Waals surface area contributed by atoms with Crippen LogP contribution in [0.5, 0.6) is 5.75 Å². The lowest BCUT2D eigenvalue weighted by Gasteiger charge is -2.08. The second-order valence-electron chi connectivity index (χ2n) is 6.00. The number of rotatable bonds is 10. The monoisotopic (exact) mass is 386 g/mol. The van der Waals surface area contributed by atoms with Crippen LogP contribution in [0.25, 0.3) is 5.69 Å². The molecule has 0 aliphatic carbocycles. The molecule has 2 N–H and O–H groups in total. The number of amides is 1. The lowest BCUT2D eigenvalue weighted by molar-refractivity contribution is -0.274. The second kappa shape index (κ2) is 9.91. The number of hydroxylamine groups is 1. The minimum Gasteiger partial charge on any atom is -0.406 e. The Morgan fingerprint density at radius 3 is 2.44 bits per heavy atom. The fourth-order valence-corrected chi connectivity index (χ4v) is 2.52. The van der Waals surface area contributed by atoms with Gasteiger partial charge in [0.1, 0.15) is 5.75 Å². The van der Waals surface area contributed by atoms with Crippen LogP contribution in [0.4, 0.5) is 13.2 Å².